The highest BCUT2D eigenvalue weighted by Gasteiger charge is 2.11. The number of aromatic carboxylic acids is 1. The summed E-state index contributed by atoms with van der Waals surface area (Å²) in [7, 11) is 0. The zero-order chi connectivity index (χ0) is 14.0. The van der Waals surface area contributed by atoms with Crippen LogP contribution in [0.25, 0.3) is 0 Å². The first-order valence-electron chi connectivity index (χ1n) is 5.58. The zero-order valence-corrected chi connectivity index (χ0v) is 10.4. The molecule has 0 aliphatic rings. The number of nitrogens with zero attached hydrogens (tertiary/aromatic N) is 2. The lowest BCUT2D eigenvalue weighted by Crippen LogP contribution is -2.06. The Hall–Kier alpha value is -2.50. The van der Waals surface area contributed by atoms with Gasteiger partial charge in [-0.15, -0.1) is 0 Å². The van der Waals surface area contributed by atoms with Gasteiger partial charge in [0.05, 0.1) is 11.3 Å². The quantitative estimate of drug-likeness (QED) is 0.888. The molecule has 0 saturated heterocycles. The van der Waals surface area contributed by atoms with E-state index in [1.807, 2.05) is 0 Å². The van der Waals surface area contributed by atoms with E-state index in [1.165, 1.54) is 12.3 Å². The Labute approximate surface area is 109 Å². The SMILES string of the molecule is Cc1nc(Nc2cccc(F)c2C)ncc1C(=O)O. The molecule has 6 heteroatoms. The summed E-state index contributed by atoms with van der Waals surface area (Å²) in [5.41, 5.74) is 1.38. The molecule has 0 aliphatic heterocycles. The smallest absolute Gasteiger partial charge is 0.339 e. The molecule has 0 atom stereocenters. The molecule has 0 amide bonds. The number of hydrogen-bond acceptors (Lipinski definition) is 4. The van der Waals surface area contributed by atoms with Crippen molar-refractivity contribution in [1.29, 1.82) is 0 Å². The summed E-state index contributed by atoms with van der Waals surface area (Å²) < 4.78 is 13.4. The molecule has 0 fully saturated rings. The van der Waals surface area contributed by atoms with Crippen LogP contribution in [-0.2, 0) is 0 Å². The summed E-state index contributed by atoms with van der Waals surface area (Å²) >= 11 is 0. The van der Waals surface area contributed by atoms with E-state index in [4.69, 9.17) is 5.11 Å². The number of anilines is 2. The number of aromatic nitrogens is 2. The minimum atomic E-state index is -1.08. The van der Waals surface area contributed by atoms with E-state index < -0.39 is 5.97 Å². The summed E-state index contributed by atoms with van der Waals surface area (Å²) in [5, 5.41) is 11.7. The highest BCUT2D eigenvalue weighted by molar-refractivity contribution is 5.88. The standard InChI is InChI=1S/C13H12FN3O2/c1-7-10(14)4-3-5-11(7)17-13-15-6-9(12(18)19)8(2)16-13/h3-6H,1-2H3,(H,18,19)(H,15,16,17). The molecule has 1 aromatic carbocycles. The molecule has 0 saturated carbocycles. The van der Waals surface area contributed by atoms with Crippen LogP contribution in [-0.4, -0.2) is 21.0 Å². The van der Waals surface area contributed by atoms with Gasteiger partial charge in [0, 0.05) is 17.4 Å². The minimum absolute atomic E-state index is 0.0431. The van der Waals surface area contributed by atoms with Crippen molar-refractivity contribution in [2.45, 2.75) is 13.8 Å². The number of rotatable bonds is 3. The largest absolute Gasteiger partial charge is 0.478 e. The summed E-state index contributed by atoms with van der Waals surface area (Å²) in [6.07, 6.45) is 1.22. The third-order valence-corrected chi connectivity index (χ3v) is 2.72. The number of benzene rings is 1. The van der Waals surface area contributed by atoms with E-state index in [1.54, 1.807) is 26.0 Å². The highest BCUT2D eigenvalue weighted by atomic mass is 19.1. The number of aryl methyl sites for hydroxylation is 1. The number of halogens is 1. The lowest BCUT2D eigenvalue weighted by atomic mass is 10.2. The first-order chi connectivity index (χ1) is 8.99. The molecular formula is C13H12FN3O2. The molecule has 2 rings (SSSR count). The molecule has 2 N–H and O–H groups in total. The van der Waals surface area contributed by atoms with E-state index >= 15 is 0 Å². The van der Waals surface area contributed by atoms with Crippen LogP contribution in [0.5, 0.6) is 0 Å². The second-order valence-electron chi connectivity index (χ2n) is 4.04. The normalized spacial score (nSPS) is 10.3. The molecule has 19 heavy (non-hydrogen) atoms. The van der Waals surface area contributed by atoms with Crippen LogP contribution < -0.4 is 5.32 Å². The van der Waals surface area contributed by atoms with Crippen LogP contribution in [0.15, 0.2) is 24.4 Å². The van der Waals surface area contributed by atoms with Gasteiger partial charge in [-0.25, -0.2) is 19.2 Å². The summed E-state index contributed by atoms with van der Waals surface area (Å²) in [5.74, 6) is -1.17. The average molecular weight is 261 g/mol. The van der Waals surface area contributed by atoms with Crippen LogP contribution in [0.2, 0.25) is 0 Å². The van der Waals surface area contributed by atoms with E-state index in [0.29, 0.717) is 16.9 Å². The fourth-order valence-electron chi connectivity index (χ4n) is 1.60. The van der Waals surface area contributed by atoms with Crippen LogP contribution in [0, 0.1) is 19.7 Å². The van der Waals surface area contributed by atoms with Gasteiger partial charge >= 0.3 is 5.97 Å². The first-order valence-corrected chi connectivity index (χ1v) is 5.58. The first kappa shape index (κ1) is 12.9. The Balaban J connectivity index is 2.32. The lowest BCUT2D eigenvalue weighted by molar-refractivity contribution is 0.0695. The number of carboxylic acids is 1. The predicted molar refractivity (Wildman–Crippen MR) is 68.1 cm³/mol. The molecule has 2 aromatic rings. The van der Waals surface area contributed by atoms with Gasteiger partial charge in [0.2, 0.25) is 5.95 Å². The Bertz CT molecular complexity index is 644. The second kappa shape index (κ2) is 5.01. The van der Waals surface area contributed by atoms with E-state index in [2.05, 4.69) is 15.3 Å². The van der Waals surface area contributed by atoms with Gasteiger partial charge in [0.25, 0.3) is 0 Å². The molecule has 1 aromatic heterocycles. The second-order valence-corrected chi connectivity index (χ2v) is 4.04. The molecule has 0 radical (unpaired) electrons. The molecule has 1 heterocycles. The van der Waals surface area contributed by atoms with Crippen molar-refractivity contribution in [2.24, 2.45) is 0 Å². The van der Waals surface area contributed by atoms with Crippen molar-refractivity contribution in [3.05, 3.63) is 47.0 Å². The summed E-state index contributed by atoms with van der Waals surface area (Å²) in [4.78, 5) is 18.8. The van der Waals surface area contributed by atoms with E-state index in [-0.39, 0.29) is 17.3 Å². The van der Waals surface area contributed by atoms with Gasteiger partial charge in [-0.3, -0.25) is 0 Å². The molecular weight excluding hydrogens is 249 g/mol. The fraction of sp³-hybridized carbons (Fsp3) is 0.154. The maximum Gasteiger partial charge on any atom is 0.339 e. The number of carboxylic acid groups (broad SMARTS) is 1. The Morgan fingerprint density at radius 1 is 1.37 bits per heavy atom. The molecule has 0 bridgehead atoms. The Morgan fingerprint density at radius 2 is 2.11 bits per heavy atom. The maximum absolute atomic E-state index is 13.4. The summed E-state index contributed by atoms with van der Waals surface area (Å²) in [6.45, 7) is 3.21. The van der Waals surface area contributed by atoms with Gasteiger partial charge in [-0.1, -0.05) is 6.07 Å². The molecule has 0 spiro atoms. The zero-order valence-electron chi connectivity index (χ0n) is 10.4. The average Bonchev–Trinajstić information content (AvgIpc) is 2.34. The molecule has 0 unspecified atom stereocenters. The maximum atomic E-state index is 13.4. The number of nitrogens with one attached hydrogen (secondary N) is 1. The Morgan fingerprint density at radius 3 is 2.74 bits per heavy atom. The monoisotopic (exact) mass is 261 g/mol. The molecule has 98 valence electrons. The van der Waals surface area contributed by atoms with Gasteiger partial charge in [0.1, 0.15) is 5.82 Å². The van der Waals surface area contributed by atoms with Gasteiger partial charge in [0.15, 0.2) is 0 Å². The van der Waals surface area contributed by atoms with Crippen molar-refractivity contribution in [3.8, 4) is 0 Å². The molecule has 5 nitrogen and oxygen atoms in total. The van der Waals surface area contributed by atoms with Crippen molar-refractivity contribution in [3.63, 3.8) is 0 Å². The van der Waals surface area contributed by atoms with Crippen molar-refractivity contribution >= 4 is 17.6 Å². The third-order valence-electron chi connectivity index (χ3n) is 2.72. The highest BCUT2D eigenvalue weighted by Crippen LogP contribution is 2.20. The van der Waals surface area contributed by atoms with Crippen LogP contribution in [0.3, 0.4) is 0 Å². The molecule has 0 aliphatic carbocycles. The Kier molecular flexibility index (Phi) is 3.41. The predicted octanol–water partition coefficient (Wildman–Crippen LogP) is 2.67. The lowest BCUT2D eigenvalue weighted by Gasteiger charge is -2.09. The number of carbonyl (C=O) groups is 1. The van der Waals surface area contributed by atoms with Gasteiger partial charge in [-0.2, -0.15) is 0 Å². The third kappa shape index (κ3) is 2.67. The van der Waals surface area contributed by atoms with Crippen molar-refractivity contribution in [1.82, 2.24) is 9.97 Å². The van der Waals surface area contributed by atoms with Gasteiger partial charge in [-0.05, 0) is 26.0 Å². The van der Waals surface area contributed by atoms with Crippen molar-refractivity contribution in [2.75, 3.05) is 5.32 Å². The van der Waals surface area contributed by atoms with Crippen LogP contribution in [0.4, 0.5) is 16.0 Å². The topological polar surface area (TPSA) is 75.1 Å². The van der Waals surface area contributed by atoms with Crippen LogP contribution >= 0.6 is 0 Å². The van der Waals surface area contributed by atoms with E-state index in [9.17, 15) is 9.18 Å². The minimum Gasteiger partial charge on any atom is -0.478 e. The number of hydrogen-bond donors (Lipinski definition) is 2. The summed E-state index contributed by atoms with van der Waals surface area (Å²) in [6, 6.07) is 4.63. The van der Waals surface area contributed by atoms with Crippen molar-refractivity contribution < 1.29 is 14.3 Å². The van der Waals surface area contributed by atoms with Gasteiger partial charge < -0.3 is 10.4 Å². The van der Waals surface area contributed by atoms with Crippen LogP contribution in [0.1, 0.15) is 21.6 Å². The fourth-order valence-corrected chi connectivity index (χ4v) is 1.60. The van der Waals surface area contributed by atoms with E-state index in [0.717, 1.165) is 0 Å².